The first-order valence-electron chi connectivity index (χ1n) is 4.87. The molecule has 1 aliphatic heterocycles. The van der Waals surface area contributed by atoms with Crippen molar-refractivity contribution in [3.63, 3.8) is 0 Å². The lowest BCUT2D eigenvalue weighted by Gasteiger charge is -2.31. The van der Waals surface area contributed by atoms with Gasteiger partial charge in [-0.15, -0.1) is 0 Å². The zero-order valence-corrected chi connectivity index (χ0v) is 10.9. The summed E-state index contributed by atoms with van der Waals surface area (Å²) < 4.78 is 0.531. The van der Waals surface area contributed by atoms with Crippen LogP contribution in [0.15, 0.2) is 40.1 Å². The van der Waals surface area contributed by atoms with Gasteiger partial charge in [0, 0.05) is 11.8 Å². The summed E-state index contributed by atoms with van der Waals surface area (Å²) in [5.74, 6) is -0.339. The number of carbonyl (C=O) groups is 2. The van der Waals surface area contributed by atoms with Crippen molar-refractivity contribution in [3.05, 3.63) is 45.7 Å². The second kappa shape index (κ2) is 4.46. The van der Waals surface area contributed by atoms with Crippen LogP contribution in [0.5, 0.6) is 0 Å². The van der Waals surface area contributed by atoms with Gasteiger partial charge in [0.1, 0.15) is 0 Å². The largest absolute Gasteiger partial charge is 0.320 e. The number of hydrogen-bond acceptors (Lipinski definition) is 3. The summed E-state index contributed by atoms with van der Waals surface area (Å²) in [6, 6.07) is 8.13. The van der Waals surface area contributed by atoms with E-state index in [2.05, 4.69) is 10.6 Å². The highest BCUT2D eigenvalue weighted by Gasteiger charge is 2.41. The minimum atomic E-state index is -1.48. The molecule has 2 rings (SSSR count). The van der Waals surface area contributed by atoms with Gasteiger partial charge < -0.3 is 10.6 Å². The van der Waals surface area contributed by atoms with Gasteiger partial charge in [0.15, 0.2) is 5.66 Å². The normalized spacial score (nSPS) is 23.4. The second-order valence-corrected chi connectivity index (χ2v) is 4.76. The first-order chi connectivity index (χ1) is 8.04. The monoisotopic (exact) mass is 343 g/mol. The lowest BCUT2D eigenvalue weighted by Crippen LogP contribution is -2.65. The predicted octanol–water partition coefficient (Wildman–Crippen LogP) is 1.11. The number of urea groups is 1. The number of ketones is 1. The van der Waals surface area contributed by atoms with Crippen molar-refractivity contribution in [1.82, 2.24) is 10.6 Å². The molecule has 0 saturated carbocycles. The van der Waals surface area contributed by atoms with Crippen LogP contribution in [0.3, 0.4) is 0 Å². The number of benzene rings is 1. The van der Waals surface area contributed by atoms with E-state index in [4.69, 9.17) is 5.73 Å². The van der Waals surface area contributed by atoms with Gasteiger partial charge in [0.25, 0.3) is 0 Å². The van der Waals surface area contributed by atoms with Gasteiger partial charge in [-0.1, -0.05) is 30.3 Å². The van der Waals surface area contributed by atoms with Gasteiger partial charge in [0.2, 0.25) is 5.78 Å². The fourth-order valence-electron chi connectivity index (χ4n) is 1.50. The van der Waals surface area contributed by atoms with Crippen molar-refractivity contribution in [1.29, 1.82) is 0 Å². The molecule has 1 aromatic carbocycles. The number of carbonyl (C=O) groups excluding carboxylic acids is 2. The van der Waals surface area contributed by atoms with Crippen LogP contribution in [0.25, 0.3) is 0 Å². The number of hydrogen-bond donors (Lipinski definition) is 3. The molecule has 88 valence electrons. The SMILES string of the molecule is NC1(C(=O)c2ccccc2)NC(=O)NC=C1I. The molecule has 1 atom stereocenters. The number of amides is 2. The van der Waals surface area contributed by atoms with Crippen LogP contribution in [0.4, 0.5) is 4.79 Å². The molecule has 1 unspecified atom stereocenters. The van der Waals surface area contributed by atoms with Crippen molar-refractivity contribution < 1.29 is 9.59 Å². The molecule has 0 fully saturated rings. The van der Waals surface area contributed by atoms with E-state index in [1.165, 1.54) is 6.20 Å². The Hall–Kier alpha value is -1.41. The molecule has 0 spiro atoms. The molecule has 6 heteroatoms. The van der Waals surface area contributed by atoms with Crippen LogP contribution in [0.1, 0.15) is 10.4 Å². The fraction of sp³-hybridized carbons (Fsp3) is 0.0909. The Balaban J connectivity index is 2.39. The summed E-state index contributed by atoms with van der Waals surface area (Å²) in [5.41, 5.74) is 4.95. The lowest BCUT2D eigenvalue weighted by molar-refractivity contribution is 0.0896. The molecule has 0 saturated heterocycles. The van der Waals surface area contributed by atoms with Crippen LogP contribution < -0.4 is 16.4 Å². The van der Waals surface area contributed by atoms with Crippen LogP contribution in [-0.4, -0.2) is 17.5 Å². The standard InChI is InChI=1S/C11H10IN3O2/c12-8-6-14-10(17)15-11(8,13)9(16)7-4-2-1-3-5-7/h1-6H,13H2,(H2,14,15,17). The summed E-state index contributed by atoms with van der Waals surface area (Å²) in [7, 11) is 0. The van der Waals surface area contributed by atoms with Crippen molar-refractivity contribution >= 4 is 34.4 Å². The van der Waals surface area contributed by atoms with Crippen molar-refractivity contribution in [3.8, 4) is 0 Å². The van der Waals surface area contributed by atoms with Crippen molar-refractivity contribution in [2.45, 2.75) is 5.66 Å². The first kappa shape index (κ1) is 12.1. The summed E-state index contributed by atoms with van der Waals surface area (Å²) in [6.07, 6.45) is 1.43. The Bertz CT molecular complexity index is 501. The predicted molar refractivity (Wildman–Crippen MR) is 71.5 cm³/mol. The smallest absolute Gasteiger partial charge is 0.314 e. The number of Topliss-reactive ketones (excluding diaryl/α,β-unsaturated/α-hetero) is 1. The van der Waals surface area contributed by atoms with Gasteiger partial charge in [-0.2, -0.15) is 0 Å². The highest BCUT2D eigenvalue weighted by Crippen LogP contribution is 2.24. The Morgan fingerprint density at radius 3 is 2.59 bits per heavy atom. The summed E-state index contributed by atoms with van der Waals surface area (Å²) >= 11 is 1.93. The third kappa shape index (κ3) is 2.18. The van der Waals surface area contributed by atoms with Crippen LogP contribution in [0, 0.1) is 0 Å². The van der Waals surface area contributed by atoms with E-state index in [9.17, 15) is 9.59 Å². The average Bonchev–Trinajstić information content (AvgIpc) is 2.34. The minimum absolute atomic E-state index is 0.339. The fourth-order valence-corrected chi connectivity index (χ4v) is 2.04. The maximum atomic E-state index is 12.3. The number of nitrogens with one attached hydrogen (secondary N) is 2. The summed E-state index contributed by atoms with van der Waals surface area (Å²) in [6.45, 7) is 0. The van der Waals surface area contributed by atoms with E-state index in [0.717, 1.165) is 0 Å². The topological polar surface area (TPSA) is 84.2 Å². The van der Waals surface area contributed by atoms with Crippen LogP contribution >= 0.6 is 22.6 Å². The lowest BCUT2D eigenvalue weighted by atomic mass is 9.98. The van der Waals surface area contributed by atoms with Gasteiger partial charge in [-0.3, -0.25) is 10.5 Å². The maximum Gasteiger partial charge on any atom is 0.320 e. The number of halogens is 1. The molecule has 2 amide bonds. The number of nitrogens with two attached hydrogens (primary N) is 1. The molecule has 17 heavy (non-hydrogen) atoms. The van der Waals surface area contributed by atoms with E-state index in [1.807, 2.05) is 28.7 Å². The third-order valence-electron chi connectivity index (χ3n) is 2.41. The van der Waals surface area contributed by atoms with Gasteiger partial charge >= 0.3 is 6.03 Å². The highest BCUT2D eigenvalue weighted by molar-refractivity contribution is 14.1. The van der Waals surface area contributed by atoms with Gasteiger partial charge in [-0.25, -0.2) is 4.79 Å². The maximum absolute atomic E-state index is 12.3. The molecular weight excluding hydrogens is 333 g/mol. The van der Waals surface area contributed by atoms with E-state index in [1.54, 1.807) is 24.3 Å². The molecule has 0 aromatic heterocycles. The van der Waals surface area contributed by atoms with E-state index in [0.29, 0.717) is 9.14 Å². The molecule has 0 bridgehead atoms. The molecule has 1 heterocycles. The molecule has 4 N–H and O–H groups in total. The second-order valence-electron chi connectivity index (χ2n) is 3.59. The molecule has 5 nitrogen and oxygen atoms in total. The Kier molecular flexibility index (Phi) is 3.16. The molecular formula is C11H10IN3O2. The van der Waals surface area contributed by atoms with E-state index < -0.39 is 11.7 Å². The quantitative estimate of drug-likeness (QED) is 0.556. The Morgan fingerprint density at radius 1 is 1.29 bits per heavy atom. The van der Waals surface area contributed by atoms with E-state index in [-0.39, 0.29) is 5.78 Å². The van der Waals surface area contributed by atoms with E-state index >= 15 is 0 Å². The van der Waals surface area contributed by atoms with Gasteiger partial charge in [-0.05, 0) is 22.6 Å². The molecule has 1 aliphatic rings. The zero-order valence-electron chi connectivity index (χ0n) is 8.74. The zero-order chi connectivity index (χ0) is 12.5. The summed E-state index contributed by atoms with van der Waals surface area (Å²) in [5, 5.41) is 4.88. The van der Waals surface area contributed by atoms with Crippen LogP contribution in [0.2, 0.25) is 0 Å². The molecule has 1 aromatic rings. The Labute approximate surface area is 112 Å². The van der Waals surface area contributed by atoms with Crippen molar-refractivity contribution in [2.75, 3.05) is 0 Å². The van der Waals surface area contributed by atoms with Gasteiger partial charge in [0.05, 0.1) is 3.58 Å². The average molecular weight is 343 g/mol. The van der Waals surface area contributed by atoms with Crippen LogP contribution in [-0.2, 0) is 0 Å². The minimum Gasteiger partial charge on any atom is -0.314 e. The molecule has 0 radical (unpaired) electrons. The van der Waals surface area contributed by atoms with Crippen molar-refractivity contribution in [2.24, 2.45) is 5.73 Å². The highest BCUT2D eigenvalue weighted by atomic mass is 127. The first-order valence-corrected chi connectivity index (χ1v) is 5.95. The number of rotatable bonds is 2. The molecule has 0 aliphatic carbocycles. The summed E-state index contributed by atoms with van der Waals surface area (Å²) in [4.78, 5) is 23.5. The Morgan fingerprint density at radius 2 is 1.94 bits per heavy atom. The third-order valence-corrected chi connectivity index (χ3v) is 3.57.